The third-order valence-electron chi connectivity index (χ3n) is 3.36. The molecule has 1 saturated heterocycles. The molecule has 0 aromatic heterocycles. The number of imide groups is 1. The lowest BCUT2D eigenvalue weighted by Crippen LogP contribution is -2.42. The highest BCUT2D eigenvalue weighted by Crippen LogP contribution is 2.22. The Bertz CT molecular complexity index is 498. The van der Waals surface area contributed by atoms with E-state index in [0.29, 0.717) is 18.4 Å². The summed E-state index contributed by atoms with van der Waals surface area (Å²) in [5.41, 5.74) is 6.91. The summed E-state index contributed by atoms with van der Waals surface area (Å²) in [6.45, 7) is 2.24. The number of hydrogen-bond acceptors (Lipinski definition) is 3. The van der Waals surface area contributed by atoms with E-state index in [2.05, 4.69) is 0 Å². The van der Waals surface area contributed by atoms with E-state index in [1.54, 1.807) is 6.07 Å². The zero-order valence-electron chi connectivity index (χ0n) is 10.9. The lowest BCUT2D eigenvalue weighted by atomic mass is 9.96. The third-order valence-corrected chi connectivity index (χ3v) is 3.36. The largest absolute Gasteiger partial charge is 0.326 e. The zero-order chi connectivity index (χ0) is 14.0. The lowest BCUT2D eigenvalue weighted by Gasteiger charge is -2.28. The van der Waals surface area contributed by atoms with E-state index < -0.39 is 0 Å². The number of rotatable bonds is 3. The molecule has 0 aliphatic carbocycles. The van der Waals surface area contributed by atoms with Crippen LogP contribution in [0.5, 0.6) is 0 Å². The molecule has 2 amide bonds. The summed E-state index contributed by atoms with van der Waals surface area (Å²) in [6, 6.07) is 4.24. The number of carbonyl (C=O) groups excluding carboxylic acids is 2. The standard InChI is InChI=1S/C14H17FN2O2/c1-9-4-13(18)17(14(19)5-9)8-10-2-3-12(15)6-11(10)7-16/h2-3,6,9H,4-5,7-8,16H2,1H3. The Morgan fingerprint density at radius 2 is 1.89 bits per heavy atom. The van der Waals surface area contributed by atoms with Gasteiger partial charge in [0.1, 0.15) is 5.82 Å². The van der Waals surface area contributed by atoms with Gasteiger partial charge < -0.3 is 5.73 Å². The molecule has 2 rings (SSSR count). The van der Waals surface area contributed by atoms with Gasteiger partial charge in [-0.15, -0.1) is 0 Å². The minimum absolute atomic E-state index is 0.0958. The highest BCUT2D eigenvalue weighted by Gasteiger charge is 2.30. The fourth-order valence-corrected chi connectivity index (χ4v) is 2.31. The molecule has 1 aromatic rings. The first-order chi connectivity index (χ1) is 9.01. The van der Waals surface area contributed by atoms with Gasteiger partial charge in [0.2, 0.25) is 11.8 Å². The van der Waals surface area contributed by atoms with E-state index in [1.807, 2.05) is 6.92 Å². The maximum absolute atomic E-state index is 13.1. The summed E-state index contributed by atoms with van der Waals surface area (Å²) in [5, 5.41) is 0. The molecule has 0 atom stereocenters. The van der Waals surface area contributed by atoms with Crippen LogP contribution in [0, 0.1) is 11.7 Å². The summed E-state index contributed by atoms with van der Waals surface area (Å²) in [5.74, 6) is -0.611. The van der Waals surface area contributed by atoms with Gasteiger partial charge in [-0.05, 0) is 29.2 Å². The van der Waals surface area contributed by atoms with Crippen LogP contribution in [0.15, 0.2) is 18.2 Å². The van der Waals surface area contributed by atoms with Gasteiger partial charge in [-0.3, -0.25) is 14.5 Å². The lowest BCUT2D eigenvalue weighted by molar-refractivity contribution is -0.150. The van der Waals surface area contributed by atoms with Crippen LogP contribution >= 0.6 is 0 Å². The Hall–Kier alpha value is -1.75. The fourth-order valence-electron chi connectivity index (χ4n) is 2.31. The molecule has 1 aliphatic heterocycles. The fraction of sp³-hybridized carbons (Fsp3) is 0.429. The highest BCUT2D eigenvalue weighted by molar-refractivity contribution is 5.97. The van der Waals surface area contributed by atoms with E-state index in [4.69, 9.17) is 5.73 Å². The van der Waals surface area contributed by atoms with Crippen molar-refractivity contribution in [3.05, 3.63) is 35.1 Å². The van der Waals surface area contributed by atoms with Crippen LogP contribution in [0.4, 0.5) is 4.39 Å². The van der Waals surface area contributed by atoms with Crippen LogP contribution in [0.3, 0.4) is 0 Å². The summed E-state index contributed by atoms with van der Waals surface area (Å²) in [4.78, 5) is 25.0. The maximum Gasteiger partial charge on any atom is 0.229 e. The number of piperidine rings is 1. The first-order valence-corrected chi connectivity index (χ1v) is 6.32. The van der Waals surface area contributed by atoms with Gasteiger partial charge in [0, 0.05) is 19.4 Å². The van der Waals surface area contributed by atoms with Gasteiger partial charge >= 0.3 is 0 Å². The normalized spacial score (nSPS) is 17.1. The predicted octanol–water partition coefficient (Wildman–Crippen LogP) is 1.57. The monoisotopic (exact) mass is 264 g/mol. The predicted molar refractivity (Wildman–Crippen MR) is 68.2 cm³/mol. The van der Waals surface area contributed by atoms with E-state index in [-0.39, 0.29) is 36.6 Å². The number of hydrogen-bond donors (Lipinski definition) is 1. The number of amides is 2. The molecule has 0 bridgehead atoms. The van der Waals surface area contributed by atoms with Gasteiger partial charge in [0.15, 0.2) is 0 Å². The van der Waals surface area contributed by atoms with Crippen LogP contribution in [-0.2, 0) is 22.7 Å². The molecule has 1 aliphatic rings. The third kappa shape index (κ3) is 2.98. The van der Waals surface area contributed by atoms with E-state index in [9.17, 15) is 14.0 Å². The second-order valence-corrected chi connectivity index (χ2v) is 5.00. The SMILES string of the molecule is CC1CC(=O)N(Cc2ccc(F)cc2CN)C(=O)C1. The zero-order valence-corrected chi connectivity index (χ0v) is 10.9. The molecule has 102 valence electrons. The van der Waals surface area contributed by atoms with Crippen LogP contribution in [-0.4, -0.2) is 16.7 Å². The second kappa shape index (κ2) is 5.48. The Balaban J connectivity index is 2.21. The van der Waals surface area contributed by atoms with Crippen molar-refractivity contribution in [1.82, 2.24) is 4.90 Å². The average molecular weight is 264 g/mol. The molecule has 2 N–H and O–H groups in total. The van der Waals surface area contributed by atoms with Crippen molar-refractivity contribution in [2.24, 2.45) is 11.7 Å². The first kappa shape index (κ1) is 13.7. The summed E-state index contributed by atoms with van der Waals surface area (Å²) >= 11 is 0. The van der Waals surface area contributed by atoms with Crippen molar-refractivity contribution >= 4 is 11.8 Å². The smallest absolute Gasteiger partial charge is 0.229 e. The Morgan fingerprint density at radius 1 is 1.26 bits per heavy atom. The molecule has 19 heavy (non-hydrogen) atoms. The van der Waals surface area contributed by atoms with E-state index >= 15 is 0 Å². The summed E-state index contributed by atoms with van der Waals surface area (Å²) in [6.07, 6.45) is 0.760. The van der Waals surface area contributed by atoms with Gasteiger partial charge in [-0.25, -0.2) is 4.39 Å². The molecular formula is C14H17FN2O2. The van der Waals surface area contributed by atoms with Crippen molar-refractivity contribution < 1.29 is 14.0 Å². The van der Waals surface area contributed by atoms with Crippen LogP contribution in [0.2, 0.25) is 0 Å². The summed E-state index contributed by atoms with van der Waals surface area (Å²) < 4.78 is 13.1. The van der Waals surface area contributed by atoms with Gasteiger partial charge in [-0.1, -0.05) is 13.0 Å². The Morgan fingerprint density at radius 3 is 2.47 bits per heavy atom. The maximum atomic E-state index is 13.1. The number of nitrogens with two attached hydrogens (primary N) is 1. The summed E-state index contributed by atoms with van der Waals surface area (Å²) in [7, 11) is 0. The highest BCUT2D eigenvalue weighted by atomic mass is 19.1. The Labute approximate surface area is 111 Å². The van der Waals surface area contributed by atoms with Crippen molar-refractivity contribution in [3.63, 3.8) is 0 Å². The number of carbonyl (C=O) groups is 2. The second-order valence-electron chi connectivity index (χ2n) is 5.00. The molecule has 0 radical (unpaired) electrons. The van der Waals surface area contributed by atoms with Crippen molar-refractivity contribution in [1.29, 1.82) is 0 Å². The quantitative estimate of drug-likeness (QED) is 0.843. The molecule has 1 heterocycles. The van der Waals surface area contributed by atoms with Crippen LogP contribution in [0.1, 0.15) is 30.9 Å². The molecule has 0 saturated carbocycles. The number of nitrogens with zero attached hydrogens (tertiary/aromatic N) is 1. The Kier molecular flexibility index (Phi) is 3.95. The van der Waals surface area contributed by atoms with Crippen LogP contribution < -0.4 is 5.73 Å². The molecule has 1 aromatic carbocycles. The molecular weight excluding hydrogens is 247 g/mol. The van der Waals surface area contributed by atoms with Crippen molar-refractivity contribution in [3.8, 4) is 0 Å². The topological polar surface area (TPSA) is 63.4 Å². The van der Waals surface area contributed by atoms with E-state index in [0.717, 1.165) is 5.56 Å². The molecule has 0 unspecified atom stereocenters. The van der Waals surface area contributed by atoms with Gasteiger partial charge in [0.05, 0.1) is 6.54 Å². The van der Waals surface area contributed by atoms with Crippen LogP contribution in [0.25, 0.3) is 0 Å². The number of halogens is 1. The average Bonchev–Trinajstić information content (AvgIpc) is 2.35. The van der Waals surface area contributed by atoms with E-state index in [1.165, 1.54) is 17.0 Å². The minimum atomic E-state index is -0.367. The molecule has 0 spiro atoms. The number of benzene rings is 1. The molecule has 5 heteroatoms. The van der Waals surface area contributed by atoms with Crippen molar-refractivity contribution in [2.75, 3.05) is 0 Å². The molecule has 1 fully saturated rings. The van der Waals surface area contributed by atoms with Gasteiger partial charge in [-0.2, -0.15) is 0 Å². The van der Waals surface area contributed by atoms with Gasteiger partial charge in [0.25, 0.3) is 0 Å². The molecule has 4 nitrogen and oxygen atoms in total. The minimum Gasteiger partial charge on any atom is -0.326 e. The number of likely N-dealkylation sites (tertiary alicyclic amines) is 1. The first-order valence-electron chi connectivity index (χ1n) is 6.32. The van der Waals surface area contributed by atoms with Crippen molar-refractivity contribution in [2.45, 2.75) is 32.9 Å².